The van der Waals surface area contributed by atoms with Gasteiger partial charge in [0.1, 0.15) is 0 Å². The smallest absolute Gasteiger partial charge is 0.244 e. The van der Waals surface area contributed by atoms with Crippen molar-refractivity contribution >= 4 is 37.6 Å². The molecule has 0 aliphatic rings. The highest BCUT2D eigenvalue weighted by Crippen LogP contribution is 2.28. The monoisotopic (exact) mass is 397 g/mol. The van der Waals surface area contributed by atoms with Gasteiger partial charge in [-0.2, -0.15) is 4.31 Å². The highest BCUT2D eigenvalue weighted by molar-refractivity contribution is 9.10. The van der Waals surface area contributed by atoms with Crippen LogP contribution in [0.1, 0.15) is 25.8 Å². The minimum absolute atomic E-state index is 0.0928. The van der Waals surface area contributed by atoms with Crippen LogP contribution in [0.4, 0.5) is 0 Å². The number of benzene rings is 1. The van der Waals surface area contributed by atoms with E-state index >= 15 is 0 Å². The summed E-state index contributed by atoms with van der Waals surface area (Å²) in [5, 5.41) is 0. The normalized spacial score (nSPS) is 13.6. The van der Waals surface area contributed by atoms with Crippen LogP contribution in [-0.4, -0.2) is 39.0 Å². The summed E-state index contributed by atoms with van der Waals surface area (Å²) in [6.07, 6.45) is 0.736. The Morgan fingerprint density at radius 2 is 2.10 bits per heavy atom. The van der Waals surface area contributed by atoms with Gasteiger partial charge in [0.15, 0.2) is 0 Å². The lowest BCUT2D eigenvalue weighted by Crippen LogP contribution is -2.40. The van der Waals surface area contributed by atoms with Crippen molar-refractivity contribution in [2.45, 2.75) is 37.1 Å². The molecule has 0 bridgehead atoms. The minimum Gasteiger partial charge on any atom is -0.383 e. The van der Waals surface area contributed by atoms with Crippen LogP contribution >= 0.6 is 27.5 Å². The van der Waals surface area contributed by atoms with Crippen LogP contribution in [-0.2, 0) is 20.6 Å². The molecule has 120 valence electrons. The predicted molar refractivity (Wildman–Crippen MR) is 89.2 cm³/mol. The molecular weight excluding hydrogens is 378 g/mol. The van der Waals surface area contributed by atoms with Crippen molar-refractivity contribution in [1.29, 1.82) is 0 Å². The van der Waals surface area contributed by atoms with E-state index in [1.807, 2.05) is 13.8 Å². The molecule has 0 aromatic heterocycles. The van der Waals surface area contributed by atoms with Gasteiger partial charge >= 0.3 is 0 Å². The largest absolute Gasteiger partial charge is 0.383 e. The lowest BCUT2D eigenvalue weighted by molar-refractivity contribution is 0.167. The number of hydrogen-bond donors (Lipinski definition) is 0. The maximum absolute atomic E-state index is 12.9. The van der Waals surface area contributed by atoms with Crippen molar-refractivity contribution in [1.82, 2.24) is 4.31 Å². The quantitative estimate of drug-likeness (QED) is 0.628. The van der Waals surface area contributed by atoms with Crippen molar-refractivity contribution in [2.24, 2.45) is 0 Å². The average molecular weight is 399 g/mol. The van der Waals surface area contributed by atoms with Gasteiger partial charge in [-0.25, -0.2) is 8.42 Å². The van der Waals surface area contributed by atoms with Crippen molar-refractivity contribution in [3.8, 4) is 0 Å². The zero-order valence-electron chi connectivity index (χ0n) is 12.5. The third-order valence-corrected chi connectivity index (χ3v) is 6.63. The van der Waals surface area contributed by atoms with Gasteiger partial charge in [-0.05, 0) is 47.0 Å². The number of nitrogens with zero attached hydrogens (tertiary/aromatic N) is 1. The first kappa shape index (κ1) is 18.9. The Bertz CT molecular complexity index is 565. The molecule has 0 saturated heterocycles. The van der Waals surface area contributed by atoms with Crippen LogP contribution in [0.2, 0.25) is 0 Å². The SMILES string of the molecule is CCC(C)N(CCOC)S(=O)(=O)c1ccc(CCl)cc1Br. The summed E-state index contributed by atoms with van der Waals surface area (Å²) in [5.41, 5.74) is 0.870. The van der Waals surface area contributed by atoms with Crippen LogP contribution in [0, 0.1) is 0 Å². The summed E-state index contributed by atoms with van der Waals surface area (Å²) in [5.74, 6) is 0.345. The van der Waals surface area contributed by atoms with Crippen molar-refractivity contribution in [2.75, 3.05) is 20.3 Å². The molecule has 0 N–H and O–H groups in total. The molecule has 21 heavy (non-hydrogen) atoms. The number of rotatable bonds is 8. The molecule has 1 aromatic carbocycles. The Morgan fingerprint density at radius 3 is 2.57 bits per heavy atom. The molecule has 1 aromatic rings. The Kier molecular flexibility index (Phi) is 7.64. The van der Waals surface area contributed by atoms with Crippen molar-refractivity contribution < 1.29 is 13.2 Å². The lowest BCUT2D eigenvalue weighted by atomic mass is 10.2. The minimum atomic E-state index is -3.58. The maximum Gasteiger partial charge on any atom is 0.244 e. The fourth-order valence-corrected chi connectivity index (χ4v) is 4.87. The van der Waals surface area contributed by atoms with Crippen LogP contribution < -0.4 is 0 Å². The van der Waals surface area contributed by atoms with E-state index in [9.17, 15) is 8.42 Å². The highest BCUT2D eigenvalue weighted by Gasteiger charge is 2.29. The van der Waals surface area contributed by atoms with Gasteiger partial charge in [0.05, 0.1) is 11.5 Å². The molecular formula is C14H21BrClNO3S. The number of methoxy groups -OCH3 is 1. The molecule has 7 heteroatoms. The predicted octanol–water partition coefficient (Wildman–Crippen LogP) is 3.62. The van der Waals surface area contributed by atoms with Crippen molar-refractivity contribution in [3.63, 3.8) is 0 Å². The molecule has 0 spiro atoms. The molecule has 4 nitrogen and oxygen atoms in total. The first-order valence-electron chi connectivity index (χ1n) is 6.73. The maximum atomic E-state index is 12.9. The third kappa shape index (κ3) is 4.66. The summed E-state index contributed by atoms with van der Waals surface area (Å²) in [6.45, 7) is 4.55. The zero-order valence-corrected chi connectivity index (χ0v) is 15.6. The second-order valence-electron chi connectivity index (χ2n) is 4.76. The van der Waals surface area contributed by atoms with Crippen molar-refractivity contribution in [3.05, 3.63) is 28.2 Å². The van der Waals surface area contributed by atoms with Gasteiger partial charge in [-0.15, -0.1) is 11.6 Å². The van der Waals surface area contributed by atoms with Gasteiger partial charge in [0.2, 0.25) is 10.0 Å². The second kappa shape index (κ2) is 8.48. The molecule has 0 saturated carbocycles. The van der Waals surface area contributed by atoms with E-state index in [4.69, 9.17) is 16.3 Å². The van der Waals surface area contributed by atoms with E-state index in [-0.39, 0.29) is 10.9 Å². The summed E-state index contributed by atoms with van der Waals surface area (Å²) >= 11 is 9.11. The van der Waals surface area contributed by atoms with Gasteiger partial charge in [0, 0.05) is 30.0 Å². The van der Waals surface area contributed by atoms with Gasteiger partial charge in [-0.1, -0.05) is 13.0 Å². The van der Waals surface area contributed by atoms with E-state index in [1.165, 1.54) is 4.31 Å². The fourth-order valence-electron chi connectivity index (χ4n) is 1.93. The first-order chi connectivity index (χ1) is 9.88. The molecule has 0 amide bonds. The summed E-state index contributed by atoms with van der Waals surface area (Å²) in [4.78, 5) is 0.257. The zero-order chi connectivity index (χ0) is 16.0. The molecule has 1 atom stereocenters. The second-order valence-corrected chi connectivity index (χ2v) is 7.74. The Hall–Kier alpha value is -0.140. The Morgan fingerprint density at radius 1 is 1.43 bits per heavy atom. The third-order valence-electron chi connectivity index (χ3n) is 3.34. The van der Waals surface area contributed by atoms with Crippen LogP contribution in [0.15, 0.2) is 27.6 Å². The molecule has 0 radical (unpaired) electrons. The van der Waals surface area contributed by atoms with Gasteiger partial charge < -0.3 is 4.74 Å². The number of alkyl halides is 1. The number of hydrogen-bond acceptors (Lipinski definition) is 3. The van der Waals surface area contributed by atoms with E-state index in [0.29, 0.717) is 23.5 Å². The van der Waals surface area contributed by atoms with Gasteiger partial charge in [-0.3, -0.25) is 0 Å². The van der Waals surface area contributed by atoms with Crippen LogP contribution in [0.5, 0.6) is 0 Å². The molecule has 0 aliphatic carbocycles. The molecule has 1 unspecified atom stereocenters. The molecule has 0 heterocycles. The topological polar surface area (TPSA) is 46.6 Å². The first-order valence-corrected chi connectivity index (χ1v) is 9.50. The molecule has 0 fully saturated rings. The average Bonchev–Trinajstić information content (AvgIpc) is 2.46. The van der Waals surface area contributed by atoms with Gasteiger partial charge in [0.25, 0.3) is 0 Å². The molecule has 0 aliphatic heterocycles. The van der Waals surface area contributed by atoms with E-state index < -0.39 is 10.0 Å². The summed E-state index contributed by atoms with van der Waals surface area (Å²) in [7, 11) is -2.01. The van der Waals surface area contributed by atoms with Crippen LogP contribution in [0.3, 0.4) is 0 Å². The number of sulfonamides is 1. The summed E-state index contributed by atoms with van der Waals surface area (Å²) < 4.78 is 32.8. The van der Waals surface area contributed by atoms with E-state index in [0.717, 1.165) is 12.0 Å². The molecule has 1 rings (SSSR count). The lowest BCUT2D eigenvalue weighted by Gasteiger charge is -2.28. The van der Waals surface area contributed by atoms with Crippen LogP contribution in [0.25, 0.3) is 0 Å². The summed E-state index contributed by atoms with van der Waals surface area (Å²) in [6, 6.07) is 4.98. The highest BCUT2D eigenvalue weighted by atomic mass is 79.9. The number of halogens is 2. The standard InChI is InChI=1S/C14H21BrClNO3S/c1-4-11(2)17(7-8-20-3)21(18,19)14-6-5-12(10-16)9-13(14)15/h5-6,9,11H,4,7-8,10H2,1-3H3. The van der Waals surface area contributed by atoms with E-state index in [1.54, 1.807) is 25.3 Å². The number of ether oxygens (including phenoxy) is 1. The van der Waals surface area contributed by atoms with E-state index in [2.05, 4.69) is 15.9 Å². The fraction of sp³-hybridized carbons (Fsp3) is 0.571. The Labute approximate surface area is 140 Å². The Balaban J connectivity index is 3.21.